The van der Waals surface area contributed by atoms with Crippen LogP contribution < -0.4 is 15.5 Å². The van der Waals surface area contributed by atoms with E-state index in [1.807, 2.05) is 0 Å². The highest BCUT2D eigenvalue weighted by molar-refractivity contribution is 5.52. The Bertz CT molecular complexity index is 1330. The molecule has 0 aliphatic carbocycles. The maximum absolute atomic E-state index is 14.3. The van der Waals surface area contributed by atoms with Gasteiger partial charge >= 0.3 is 0 Å². The third-order valence-electron chi connectivity index (χ3n) is 3.78. The number of ether oxygens (including phenoxy) is 1. The van der Waals surface area contributed by atoms with Crippen LogP contribution >= 0.6 is 0 Å². The molecule has 1 fully saturated rings. The van der Waals surface area contributed by atoms with E-state index in [-0.39, 0.29) is 28.3 Å². The Labute approximate surface area is 182 Å². The van der Waals surface area contributed by atoms with E-state index in [0.717, 1.165) is 6.20 Å². The average Bonchev–Trinajstić information content (AvgIpc) is 3.15. The van der Waals surface area contributed by atoms with Crippen LogP contribution in [0.3, 0.4) is 0 Å². The molecule has 3 aromatic heterocycles. The lowest BCUT2D eigenvalue weighted by Gasteiger charge is -2.27. The minimum absolute atomic E-state index is 0.0708. The summed E-state index contributed by atoms with van der Waals surface area (Å²) in [6.45, 7) is -11.9. The number of imidazole rings is 1. The van der Waals surface area contributed by atoms with Gasteiger partial charge in [0.15, 0.2) is 5.82 Å². The highest BCUT2D eigenvalue weighted by atomic mass is 19.1. The summed E-state index contributed by atoms with van der Waals surface area (Å²) in [6, 6.07) is -0.376. The molecule has 0 bridgehead atoms. The number of morpholine rings is 1. The Hall–Kier alpha value is -3.41. The van der Waals surface area contributed by atoms with Crippen molar-refractivity contribution >= 4 is 23.7 Å². The van der Waals surface area contributed by atoms with Crippen LogP contribution in [0.25, 0.3) is 0 Å². The lowest BCUT2D eigenvalue weighted by molar-refractivity contribution is 0.122. The number of halogens is 2. The molecule has 2 N–H and O–H groups in total. The summed E-state index contributed by atoms with van der Waals surface area (Å²) in [6.07, 6.45) is 3.77. The predicted octanol–water partition coefficient (Wildman–Crippen LogP) is 2.03. The highest BCUT2D eigenvalue weighted by Crippen LogP contribution is 2.22. The molecule has 0 spiro atoms. The largest absolute Gasteiger partial charge is 0.378 e. The van der Waals surface area contributed by atoms with E-state index < -0.39 is 49.7 Å². The van der Waals surface area contributed by atoms with Crippen LogP contribution in [0.5, 0.6) is 0 Å². The summed E-state index contributed by atoms with van der Waals surface area (Å²) in [4.78, 5) is 19.9. The molecule has 30 heavy (non-hydrogen) atoms. The molecule has 4 heterocycles. The number of pyridine rings is 1. The fourth-order valence-corrected chi connectivity index (χ4v) is 2.47. The number of nitrogens with zero attached hydrogens (tertiary/aromatic N) is 7. The summed E-state index contributed by atoms with van der Waals surface area (Å²) in [7, 11) is 1.68. The molecule has 3 aromatic rings. The molecule has 1 aliphatic rings. The van der Waals surface area contributed by atoms with Crippen molar-refractivity contribution in [3.05, 3.63) is 42.1 Å². The van der Waals surface area contributed by atoms with E-state index in [2.05, 4.69) is 40.3 Å². The van der Waals surface area contributed by atoms with Gasteiger partial charge < -0.3 is 24.8 Å². The summed E-state index contributed by atoms with van der Waals surface area (Å²) >= 11 is 0. The summed E-state index contributed by atoms with van der Waals surface area (Å²) in [5, 5.41) is 5.39. The lowest BCUT2D eigenvalue weighted by Crippen LogP contribution is -2.37. The molecule has 1 saturated heterocycles. The monoisotopic (exact) mass is 425 g/mol. The van der Waals surface area contributed by atoms with Gasteiger partial charge in [-0.05, 0) is 6.92 Å². The first-order valence-electron chi connectivity index (χ1n) is 12.5. The van der Waals surface area contributed by atoms with Crippen molar-refractivity contribution < 1.29 is 24.5 Å². The molecule has 0 saturated carbocycles. The van der Waals surface area contributed by atoms with E-state index in [1.54, 1.807) is 11.6 Å². The van der Waals surface area contributed by atoms with Crippen molar-refractivity contribution in [3.63, 3.8) is 0 Å². The Morgan fingerprint density at radius 2 is 1.93 bits per heavy atom. The highest BCUT2D eigenvalue weighted by Gasteiger charge is 2.19. The van der Waals surface area contributed by atoms with Crippen molar-refractivity contribution in [1.29, 1.82) is 0 Å². The zero-order chi connectivity index (χ0) is 28.3. The molecule has 0 radical (unpaired) electrons. The first-order valence-corrected chi connectivity index (χ1v) is 8.54. The van der Waals surface area contributed by atoms with Crippen molar-refractivity contribution in [1.82, 2.24) is 29.5 Å². The normalized spacial score (nSPS) is 25.8. The number of hydrogen-bond donors (Lipinski definition) is 2. The molecular weight excluding hydrogens is 396 g/mol. The predicted molar refractivity (Wildman–Crippen MR) is 106 cm³/mol. The maximum Gasteiger partial charge on any atom is 0.235 e. The van der Waals surface area contributed by atoms with Crippen molar-refractivity contribution in [2.24, 2.45) is 7.05 Å². The van der Waals surface area contributed by atoms with Crippen LogP contribution in [0, 0.1) is 11.6 Å². The third-order valence-corrected chi connectivity index (χ3v) is 3.78. The number of hydrogen-bond acceptors (Lipinski definition) is 9. The molecule has 1 aliphatic heterocycles. The fourth-order valence-electron chi connectivity index (χ4n) is 2.47. The lowest BCUT2D eigenvalue weighted by atomic mass is 10.2. The van der Waals surface area contributed by atoms with E-state index in [4.69, 9.17) is 11.0 Å². The van der Waals surface area contributed by atoms with Crippen LogP contribution in [0.1, 0.15) is 29.6 Å². The summed E-state index contributed by atoms with van der Waals surface area (Å²) in [5.74, 6) is -3.20. The van der Waals surface area contributed by atoms with E-state index in [0.29, 0.717) is 6.07 Å². The molecule has 4 rings (SSSR count). The van der Waals surface area contributed by atoms with Crippen molar-refractivity contribution in [2.45, 2.75) is 13.0 Å². The Balaban J connectivity index is 1.83. The average molecular weight is 425 g/mol. The van der Waals surface area contributed by atoms with Gasteiger partial charge in [-0.3, -0.25) is 4.98 Å². The van der Waals surface area contributed by atoms with Gasteiger partial charge in [-0.25, -0.2) is 13.8 Å². The molecule has 0 unspecified atom stereocenters. The smallest absolute Gasteiger partial charge is 0.235 e. The second kappa shape index (κ2) is 8.53. The minimum atomic E-state index is -3.36. The zero-order valence-corrected chi connectivity index (χ0v) is 15.7. The SMILES string of the molecule is [2H]C1([2H])OC([2H])([2H])C([2H])([2H])N(c2nc(Nc3cn(C)cn3)nc(N[C@H](C)c3ncc(F)cc3F)n2)C1([2H])[2H]. The van der Waals surface area contributed by atoms with Crippen molar-refractivity contribution in [3.8, 4) is 0 Å². The molecule has 12 heteroatoms. The van der Waals surface area contributed by atoms with Gasteiger partial charge in [-0.1, -0.05) is 0 Å². The van der Waals surface area contributed by atoms with Crippen LogP contribution in [-0.2, 0) is 11.8 Å². The molecular formula is C18H21F2N9O. The molecule has 0 amide bonds. The molecule has 1 atom stereocenters. The van der Waals surface area contributed by atoms with Crippen LogP contribution in [-0.4, -0.2) is 55.6 Å². The molecule has 10 nitrogen and oxygen atoms in total. The van der Waals surface area contributed by atoms with Gasteiger partial charge in [0, 0.05) is 32.3 Å². The number of anilines is 4. The van der Waals surface area contributed by atoms with Gasteiger partial charge in [0.1, 0.15) is 11.6 Å². The number of rotatable bonds is 6. The van der Waals surface area contributed by atoms with Crippen LogP contribution in [0.4, 0.5) is 32.4 Å². The maximum atomic E-state index is 14.3. The van der Waals surface area contributed by atoms with Crippen LogP contribution in [0.15, 0.2) is 24.8 Å². The number of aryl methyl sites for hydroxylation is 1. The third kappa shape index (κ3) is 4.59. The number of nitrogens with one attached hydrogen (secondary N) is 2. The fraction of sp³-hybridized carbons (Fsp3) is 0.389. The first kappa shape index (κ1) is 12.3. The van der Waals surface area contributed by atoms with Crippen molar-refractivity contribution in [2.75, 3.05) is 41.6 Å². The quantitative estimate of drug-likeness (QED) is 0.613. The second-order valence-electron chi connectivity index (χ2n) is 6.08. The molecule has 0 aromatic carbocycles. The topological polar surface area (TPSA) is 106 Å². The van der Waals surface area contributed by atoms with Gasteiger partial charge in [0.2, 0.25) is 17.8 Å². The van der Waals surface area contributed by atoms with E-state index >= 15 is 0 Å². The Kier molecular flexibility index (Phi) is 3.50. The molecule has 158 valence electrons. The Morgan fingerprint density at radius 1 is 1.17 bits per heavy atom. The zero-order valence-electron chi connectivity index (χ0n) is 23.7. The van der Waals surface area contributed by atoms with Gasteiger partial charge in [0.25, 0.3) is 0 Å². The van der Waals surface area contributed by atoms with Crippen LogP contribution in [0.2, 0.25) is 0 Å². The standard InChI is InChI=1S/C18H21F2N9O/c1-11(15-13(20)7-12(19)8-21-15)23-16-25-17(24-14-9-28(2)10-22-14)27-18(26-16)29-3-5-30-6-4-29/h7-11H,3-6H2,1-2H3,(H2,23,24,25,26,27)/t11-/m1/s1/i3D2,4D2,5D2,6D2. The van der Waals surface area contributed by atoms with E-state index in [9.17, 15) is 8.78 Å². The first-order chi connectivity index (χ1) is 17.4. The van der Waals surface area contributed by atoms with Gasteiger partial charge in [0.05, 0.1) is 48.3 Å². The minimum Gasteiger partial charge on any atom is -0.378 e. The Morgan fingerprint density at radius 3 is 2.63 bits per heavy atom. The summed E-state index contributed by atoms with van der Waals surface area (Å²) in [5.41, 5.74) is -0.225. The van der Waals surface area contributed by atoms with Gasteiger partial charge in [-0.2, -0.15) is 15.0 Å². The second-order valence-corrected chi connectivity index (χ2v) is 6.08. The van der Waals surface area contributed by atoms with E-state index in [1.165, 1.54) is 19.4 Å². The number of aromatic nitrogens is 6. The van der Waals surface area contributed by atoms with Gasteiger partial charge in [-0.15, -0.1) is 0 Å². The summed E-state index contributed by atoms with van der Waals surface area (Å²) < 4.78 is 98.5.